The van der Waals surface area contributed by atoms with E-state index < -0.39 is 5.41 Å². The molecule has 1 aliphatic heterocycles. The summed E-state index contributed by atoms with van der Waals surface area (Å²) in [4.78, 5) is 16.7. The maximum atomic E-state index is 12.6. The van der Waals surface area contributed by atoms with Crippen LogP contribution in [0.1, 0.15) is 12.8 Å². The number of aromatic nitrogens is 1. The highest BCUT2D eigenvalue weighted by Crippen LogP contribution is 2.32. The van der Waals surface area contributed by atoms with Gasteiger partial charge in [-0.2, -0.15) is 0 Å². The van der Waals surface area contributed by atoms with E-state index in [4.69, 9.17) is 9.47 Å². The van der Waals surface area contributed by atoms with Gasteiger partial charge in [-0.25, -0.2) is 0 Å². The van der Waals surface area contributed by atoms with Gasteiger partial charge in [-0.3, -0.25) is 9.78 Å². The minimum Gasteiger partial charge on any atom is -0.494 e. The molecule has 1 aliphatic rings. The molecule has 1 aromatic heterocycles. The third kappa shape index (κ3) is 3.08. The van der Waals surface area contributed by atoms with E-state index in [1.165, 1.54) is 0 Å². The van der Waals surface area contributed by atoms with Gasteiger partial charge in [0.05, 0.1) is 25.3 Å². The number of hydrogen-bond acceptors (Lipinski definition) is 5. The first kappa shape index (κ1) is 14.7. The smallest absolute Gasteiger partial charge is 0.233 e. The molecule has 0 saturated carbocycles. The van der Waals surface area contributed by atoms with Gasteiger partial charge in [-0.1, -0.05) is 0 Å². The van der Waals surface area contributed by atoms with Crippen molar-refractivity contribution in [3.05, 3.63) is 18.5 Å². The minimum absolute atomic E-state index is 0.0350. The molecule has 0 bridgehead atoms. The summed E-state index contributed by atoms with van der Waals surface area (Å²) in [6.07, 6.45) is 4.74. The van der Waals surface area contributed by atoms with E-state index in [-0.39, 0.29) is 5.91 Å². The third-order valence-electron chi connectivity index (χ3n) is 3.71. The van der Waals surface area contributed by atoms with Crippen molar-refractivity contribution in [2.75, 3.05) is 39.2 Å². The molecule has 1 fully saturated rings. The van der Waals surface area contributed by atoms with Crippen molar-refractivity contribution in [3.63, 3.8) is 0 Å². The lowest BCUT2D eigenvalue weighted by molar-refractivity contribution is -0.130. The number of methoxy groups -OCH3 is 2. The molecule has 1 saturated heterocycles. The zero-order chi connectivity index (χ0) is 14.4. The lowest BCUT2D eigenvalue weighted by Gasteiger charge is -2.35. The number of piperidine rings is 1. The van der Waals surface area contributed by atoms with Gasteiger partial charge in [0.1, 0.15) is 11.4 Å². The van der Waals surface area contributed by atoms with E-state index in [1.54, 1.807) is 32.7 Å². The van der Waals surface area contributed by atoms with E-state index in [1.807, 2.05) is 0 Å². The Morgan fingerprint density at radius 2 is 2.20 bits per heavy atom. The van der Waals surface area contributed by atoms with Crippen LogP contribution in [0.5, 0.6) is 5.75 Å². The molecule has 0 unspecified atom stereocenters. The molecule has 0 spiro atoms. The Balaban J connectivity index is 2.16. The van der Waals surface area contributed by atoms with Crippen molar-refractivity contribution < 1.29 is 14.3 Å². The molecule has 2 heterocycles. The number of nitrogens with one attached hydrogen (secondary N) is 2. The van der Waals surface area contributed by atoms with E-state index in [0.29, 0.717) is 18.0 Å². The number of hydrogen-bond donors (Lipinski definition) is 2. The van der Waals surface area contributed by atoms with Crippen LogP contribution in [0.4, 0.5) is 5.69 Å². The van der Waals surface area contributed by atoms with Gasteiger partial charge in [-0.15, -0.1) is 0 Å². The van der Waals surface area contributed by atoms with Gasteiger partial charge in [-0.05, 0) is 25.9 Å². The highest BCUT2D eigenvalue weighted by Gasteiger charge is 2.39. The van der Waals surface area contributed by atoms with Crippen molar-refractivity contribution in [1.82, 2.24) is 10.3 Å². The molecule has 20 heavy (non-hydrogen) atoms. The molecular formula is C14H21N3O3. The maximum Gasteiger partial charge on any atom is 0.233 e. The first-order chi connectivity index (χ1) is 9.72. The Hall–Kier alpha value is -1.66. The summed E-state index contributed by atoms with van der Waals surface area (Å²) in [6, 6.07) is 1.72. The zero-order valence-corrected chi connectivity index (χ0v) is 11.9. The summed E-state index contributed by atoms with van der Waals surface area (Å²) in [6.45, 7) is 2.06. The number of amides is 1. The Morgan fingerprint density at radius 3 is 2.85 bits per heavy atom. The normalized spacial score (nSPS) is 17.5. The predicted octanol–water partition coefficient (Wildman–Crippen LogP) is 1.04. The topological polar surface area (TPSA) is 72.5 Å². The Kier molecular flexibility index (Phi) is 4.92. The van der Waals surface area contributed by atoms with Crippen LogP contribution in [-0.4, -0.2) is 44.8 Å². The molecule has 0 radical (unpaired) electrons. The molecule has 0 aliphatic carbocycles. The lowest BCUT2D eigenvalue weighted by Crippen LogP contribution is -2.47. The van der Waals surface area contributed by atoms with Crippen LogP contribution in [0, 0.1) is 5.41 Å². The van der Waals surface area contributed by atoms with Crippen LogP contribution < -0.4 is 15.4 Å². The lowest BCUT2D eigenvalue weighted by atomic mass is 9.78. The molecular weight excluding hydrogens is 258 g/mol. The summed E-state index contributed by atoms with van der Waals surface area (Å²) in [5.41, 5.74) is 0.106. The van der Waals surface area contributed by atoms with E-state index in [2.05, 4.69) is 15.6 Å². The molecule has 2 rings (SSSR count). The number of rotatable bonds is 5. The molecule has 6 nitrogen and oxygen atoms in total. The zero-order valence-electron chi connectivity index (χ0n) is 11.9. The summed E-state index contributed by atoms with van der Waals surface area (Å²) in [7, 11) is 3.20. The van der Waals surface area contributed by atoms with Gasteiger partial charge in [0.15, 0.2) is 0 Å². The largest absolute Gasteiger partial charge is 0.494 e. The van der Waals surface area contributed by atoms with Gasteiger partial charge in [0.25, 0.3) is 0 Å². The van der Waals surface area contributed by atoms with E-state index in [0.717, 1.165) is 25.9 Å². The van der Waals surface area contributed by atoms with Gasteiger partial charge >= 0.3 is 0 Å². The Labute approximate surface area is 118 Å². The monoisotopic (exact) mass is 279 g/mol. The average molecular weight is 279 g/mol. The van der Waals surface area contributed by atoms with Crippen molar-refractivity contribution in [3.8, 4) is 5.75 Å². The molecule has 1 amide bonds. The highest BCUT2D eigenvalue weighted by atomic mass is 16.5. The number of ether oxygens (including phenoxy) is 2. The second-order valence-corrected chi connectivity index (χ2v) is 4.99. The van der Waals surface area contributed by atoms with Crippen LogP contribution in [-0.2, 0) is 9.53 Å². The fraction of sp³-hybridized carbons (Fsp3) is 0.571. The first-order valence-electron chi connectivity index (χ1n) is 6.71. The van der Waals surface area contributed by atoms with Gasteiger partial charge < -0.3 is 20.1 Å². The summed E-state index contributed by atoms with van der Waals surface area (Å²) in [5.74, 6) is 0.571. The fourth-order valence-corrected chi connectivity index (χ4v) is 2.53. The summed E-state index contributed by atoms with van der Waals surface area (Å²) < 4.78 is 10.5. The number of anilines is 1. The number of carbonyl (C=O) groups is 1. The second-order valence-electron chi connectivity index (χ2n) is 4.99. The SMILES string of the molecule is COCC1(C(=O)Nc2cnccc2OC)CCNCC1. The van der Waals surface area contributed by atoms with Crippen LogP contribution in [0.25, 0.3) is 0 Å². The third-order valence-corrected chi connectivity index (χ3v) is 3.71. The van der Waals surface area contributed by atoms with Crippen LogP contribution >= 0.6 is 0 Å². The molecule has 0 aromatic carbocycles. The van der Waals surface area contributed by atoms with Gasteiger partial charge in [0.2, 0.25) is 5.91 Å². The quantitative estimate of drug-likeness (QED) is 0.842. The van der Waals surface area contributed by atoms with Crippen molar-refractivity contribution in [2.45, 2.75) is 12.8 Å². The summed E-state index contributed by atoms with van der Waals surface area (Å²) >= 11 is 0. The minimum atomic E-state index is -0.485. The van der Waals surface area contributed by atoms with Crippen LogP contribution in [0.2, 0.25) is 0 Å². The van der Waals surface area contributed by atoms with E-state index in [9.17, 15) is 4.79 Å². The highest BCUT2D eigenvalue weighted by molar-refractivity contribution is 5.96. The number of nitrogens with zero attached hydrogens (tertiary/aromatic N) is 1. The number of carbonyl (C=O) groups excluding carboxylic acids is 1. The van der Waals surface area contributed by atoms with E-state index >= 15 is 0 Å². The molecule has 0 atom stereocenters. The Bertz CT molecular complexity index is 453. The predicted molar refractivity (Wildman–Crippen MR) is 75.8 cm³/mol. The van der Waals surface area contributed by atoms with Crippen LogP contribution in [0.3, 0.4) is 0 Å². The second kappa shape index (κ2) is 6.67. The van der Waals surface area contributed by atoms with Crippen molar-refractivity contribution >= 4 is 11.6 Å². The van der Waals surface area contributed by atoms with Crippen molar-refractivity contribution in [2.24, 2.45) is 5.41 Å². The Morgan fingerprint density at radius 1 is 1.45 bits per heavy atom. The first-order valence-corrected chi connectivity index (χ1v) is 6.71. The fourth-order valence-electron chi connectivity index (χ4n) is 2.53. The molecule has 6 heteroatoms. The number of pyridine rings is 1. The molecule has 110 valence electrons. The van der Waals surface area contributed by atoms with Crippen molar-refractivity contribution in [1.29, 1.82) is 0 Å². The average Bonchev–Trinajstić information content (AvgIpc) is 2.49. The van der Waals surface area contributed by atoms with Crippen LogP contribution in [0.15, 0.2) is 18.5 Å². The maximum absolute atomic E-state index is 12.6. The molecule has 2 N–H and O–H groups in total. The summed E-state index contributed by atoms with van der Waals surface area (Å²) in [5, 5.41) is 6.19. The molecule has 1 aromatic rings. The van der Waals surface area contributed by atoms with Gasteiger partial charge in [0, 0.05) is 19.4 Å². The standard InChI is InChI=1S/C14H21N3O3/c1-19-10-14(4-7-15-8-5-14)13(18)17-11-9-16-6-3-12(11)20-2/h3,6,9,15H,4-5,7-8,10H2,1-2H3,(H,17,18).